The third-order valence-corrected chi connectivity index (χ3v) is 5.41. The summed E-state index contributed by atoms with van der Waals surface area (Å²) in [6, 6.07) is 26.0. The van der Waals surface area contributed by atoms with Crippen LogP contribution in [-0.4, -0.2) is 26.6 Å². The zero-order chi connectivity index (χ0) is 26.1. The molecule has 0 radical (unpaired) electrons. The normalized spacial score (nSPS) is 11.5. The largest absolute Gasteiger partial charge is 0.508 e. The van der Waals surface area contributed by atoms with Crippen molar-refractivity contribution < 1.29 is 39.4 Å². The van der Waals surface area contributed by atoms with E-state index in [1.165, 1.54) is 0 Å². The molecule has 0 aliphatic heterocycles. The van der Waals surface area contributed by atoms with Crippen LogP contribution >= 0.6 is 0 Å². The fraction of sp³-hybridized carbons (Fsp3) is 0.172. The third kappa shape index (κ3) is 7.96. The van der Waals surface area contributed by atoms with Gasteiger partial charge < -0.3 is 20.4 Å². The summed E-state index contributed by atoms with van der Waals surface area (Å²) in [5.41, 5.74) is 2.99. The molecule has 0 saturated carbocycles. The Morgan fingerprint density at radius 1 is 0.351 bits per heavy atom. The van der Waals surface area contributed by atoms with E-state index in [9.17, 15) is 20.4 Å². The van der Waals surface area contributed by atoms with Crippen LogP contribution in [0, 0.1) is 0 Å². The summed E-state index contributed by atoms with van der Waals surface area (Å²) < 4.78 is 24.4. The summed E-state index contributed by atoms with van der Waals surface area (Å²) >= 11 is 0. The molecule has 4 N–H and O–H groups in total. The van der Waals surface area contributed by atoms with Crippen LogP contribution < -0.4 is 0 Å². The smallest absolute Gasteiger partial charge is 0.414 e. The predicted octanol–water partition coefficient (Wildman–Crippen LogP) is 5.29. The van der Waals surface area contributed by atoms with Crippen LogP contribution in [0.3, 0.4) is 0 Å². The maximum atomic E-state index is 9.61. The van der Waals surface area contributed by atoms with Crippen LogP contribution in [0.15, 0.2) is 97.1 Å². The SMILES string of the molecule is Oc1ccc(COC(OCc2ccc(O)cc2)(OCc2ccc(O)cc2)OCc2ccc(O)cc2)cc1. The second-order valence-corrected chi connectivity index (χ2v) is 8.32. The lowest BCUT2D eigenvalue weighted by molar-refractivity contribution is -0.513. The Bertz CT molecular complexity index is 1030. The summed E-state index contributed by atoms with van der Waals surface area (Å²) in [5, 5.41) is 38.4. The number of phenols is 4. The molecule has 8 nitrogen and oxygen atoms in total. The minimum Gasteiger partial charge on any atom is -0.508 e. The standard InChI is InChI=1S/C29H28O8/c30-25-9-1-21(2-10-25)17-34-29(35-18-22-3-11-26(31)12-4-22,36-19-23-5-13-27(32)14-6-23)37-20-24-7-15-28(33)16-8-24/h1-16,30-33H,17-20H2. The van der Waals surface area contributed by atoms with Crippen molar-refractivity contribution >= 4 is 0 Å². The van der Waals surface area contributed by atoms with Gasteiger partial charge in [-0.1, -0.05) is 48.5 Å². The predicted molar refractivity (Wildman–Crippen MR) is 134 cm³/mol. The van der Waals surface area contributed by atoms with E-state index in [-0.39, 0.29) is 49.4 Å². The molecule has 0 atom stereocenters. The second kappa shape index (κ2) is 12.2. The van der Waals surface area contributed by atoms with E-state index >= 15 is 0 Å². The molecule has 0 aliphatic rings. The van der Waals surface area contributed by atoms with Gasteiger partial charge in [-0.05, 0) is 70.8 Å². The zero-order valence-electron chi connectivity index (χ0n) is 20.0. The monoisotopic (exact) mass is 504 g/mol. The molecule has 37 heavy (non-hydrogen) atoms. The van der Waals surface area contributed by atoms with Gasteiger partial charge in [0.05, 0.1) is 26.4 Å². The van der Waals surface area contributed by atoms with Crippen molar-refractivity contribution in [1.82, 2.24) is 0 Å². The average molecular weight is 505 g/mol. The minimum atomic E-state index is -1.95. The Kier molecular flexibility index (Phi) is 8.60. The molecule has 0 amide bonds. The Morgan fingerprint density at radius 2 is 0.541 bits per heavy atom. The van der Waals surface area contributed by atoms with Gasteiger partial charge >= 0.3 is 6.16 Å². The molecule has 4 aromatic carbocycles. The van der Waals surface area contributed by atoms with E-state index in [0.29, 0.717) is 0 Å². The molecule has 0 aromatic heterocycles. The van der Waals surface area contributed by atoms with Gasteiger partial charge in [0.1, 0.15) is 23.0 Å². The first-order valence-corrected chi connectivity index (χ1v) is 11.6. The second-order valence-electron chi connectivity index (χ2n) is 8.32. The third-order valence-electron chi connectivity index (χ3n) is 5.41. The molecular weight excluding hydrogens is 476 g/mol. The summed E-state index contributed by atoms with van der Waals surface area (Å²) in [6.07, 6.45) is -1.95. The molecule has 192 valence electrons. The Balaban J connectivity index is 1.58. The molecule has 0 saturated heterocycles. The number of hydrogen-bond acceptors (Lipinski definition) is 8. The van der Waals surface area contributed by atoms with E-state index < -0.39 is 6.16 Å². The van der Waals surface area contributed by atoms with Crippen LogP contribution in [0.5, 0.6) is 23.0 Å². The highest BCUT2D eigenvalue weighted by atomic mass is 17.0. The van der Waals surface area contributed by atoms with E-state index in [4.69, 9.17) is 18.9 Å². The van der Waals surface area contributed by atoms with Crippen LogP contribution in [-0.2, 0) is 45.4 Å². The lowest BCUT2D eigenvalue weighted by Crippen LogP contribution is -2.42. The van der Waals surface area contributed by atoms with Gasteiger partial charge in [0, 0.05) is 0 Å². The van der Waals surface area contributed by atoms with E-state index in [1.807, 2.05) is 0 Å². The van der Waals surface area contributed by atoms with Crippen molar-refractivity contribution in [3.63, 3.8) is 0 Å². The van der Waals surface area contributed by atoms with Crippen LogP contribution in [0.2, 0.25) is 0 Å². The topological polar surface area (TPSA) is 118 Å². The number of hydrogen-bond donors (Lipinski definition) is 4. The highest BCUT2D eigenvalue weighted by Gasteiger charge is 2.36. The molecule has 0 fully saturated rings. The van der Waals surface area contributed by atoms with Crippen molar-refractivity contribution in [3.8, 4) is 23.0 Å². The molecule has 4 aromatic rings. The lowest BCUT2D eigenvalue weighted by Gasteiger charge is -2.32. The molecule has 0 heterocycles. The van der Waals surface area contributed by atoms with Crippen LogP contribution in [0.25, 0.3) is 0 Å². The summed E-state index contributed by atoms with van der Waals surface area (Å²) in [7, 11) is 0. The fourth-order valence-electron chi connectivity index (χ4n) is 3.31. The molecule has 4 rings (SSSR count). The molecule has 0 aliphatic carbocycles. The fourth-order valence-corrected chi connectivity index (χ4v) is 3.31. The van der Waals surface area contributed by atoms with Crippen molar-refractivity contribution in [2.45, 2.75) is 32.6 Å². The van der Waals surface area contributed by atoms with Crippen molar-refractivity contribution in [1.29, 1.82) is 0 Å². The summed E-state index contributed by atoms with van der Waals surface area (Å²) in [4.78, 5) is 0. The molecular formula is C29H28O8. The summed E-state index contributed by atoms with van der Waals surface area (Å²) in [6.45, 7) is 0.171. The van der Waals surface area contributed by atoms with E-state index in [1.54, 1.807) is 97.1 Å². The summed E-state index contributed by atoms with van der Waals surface area (Å²) in [5.74, 6) is 0.521. The average Bonchev–Trinajstić information content (AvgIpc) is 2.91. The molecule has 0 unspecified atom stereocenters. The van der Waals surface area contributed by atoms with Crippen molar-refractivity contribution in [2.75, 3.05) is 0 Å². The maximum Gasteiger partial charge on any atom is 0.414 e. The van der Waals surface area contributed by atoms with Gasteiger partial charge in [-0.2, -0.15) is 0 Å². The zero-order valence-corrected chi connectivity index (χ0v) is 20.0. The van der Waals surface area contributed by atoms with Gasteiger partial charge in [0.25, 0.3) is 0 Å². The molecule has 0 bridgehead atoms. The number of ether oxygens (including phenoxy) is 4. The van der Waals surface area contributed by atoms with Gasteiger partial charge in [-0.3, -0.25) is 18.9 Å². The lowest BCUT2D eigenvalue weighted by atomic mass is 10.2. The van der Waals surface area contributed by atoms with Gasteiger partial charge in [0.2, 0.25) is 0 Å². The van der Waals surface area contributed by atoms with Gasteiger partial charge in [-0.15, -0.1) is 0 Å². The highest BCUT2D eigenvalue weighted by Crippen LogP contribution is 2.27. The Hall–Kier alpha value is -4.08. The van der Waals surface area contributed by atoms with E-state index in [2.05, 4.69) is 0 Å². The molecule has 0 spiro atoms. The maximum absolute atomic E-state index is 9.61. The van der Waals surface area contributed by atoms with Crippen molar-refractivity contribution in [3.05, 3.63) is 119 Å². The minimum absolute atomic E-state index is 0.0427. The van der Waals surface area contributed by atoms with Crippen LogP contribution in [0.4, 0.5) is 0 Å². The quantitative estimate of drug-likeness (QED) is 0.192. The Labute approximate surface area is 214 Å². The number of benzene rings is 4. The van der Waals surface area contributed by atoms with Crippen molar-refractivity contribution in [2.24, 2.45) is 0 Å². The first-order chi connectivity index (χ1) is 17.9. The van der Waals surface area contributed by atoms with E-state index in [0.717, 1.165) is 22.3 Å². The number of phenolic OH excluding ortho intramolecular Hbond substituents is 4. The number of rotatable bonds is 12. The van der Waals surface area contributed by atoms with Gasteiger partial charge in [-0.25, -0.2) is 0 Å². The highest BCUT2D eigenvalue weighted by molar-refractivity contribution is 5.27. The first-order valence-electron chi connectivity index (χ1n) is 11.6. The number of aromatic hydroxyl groups is 4. The van der Waals surface area contributed by atoms with Gasteiger partial charge in [0.15, 0.2) is 0 Å². The Morgan fingerprint density at radius 3 is 0.730 bits per heavy atom. The first kappa shape index (κ1) is 26.0. The molecule has 8 heteroatoms. The van der Waals surface area contributed by atoms with Crippen LogP contribution in [0.1, 0.15) is 22.3 Å².